The van der Waals surface area contributed by atoms with Crippen LogP contribution < -0.4 is 5.32 Å². The van der Waals surface area contributed by atoms with Gasteiger partial charge in [-0.25, -0.2) is 0 Å². The molecular weight excluding hydrogens is 346 g/mol. The summed E-state index contributed by atoms with van der Waals surface area (Å²) in [4.78, 5) is 12.0. The molecule has 0 saturated heterocycles. The van der Waals surface area contributed by atoms with E-state index in [2.05, 4.69) is 31.4 Å². The van der Waals surface area contributed by atoms with E-state index in [4.69, 9.17) is 0 Å². The fraction of sp³-hybridized carbons (Fsp3) is 0.250. The molecule has 19 heavy (non-hydrogen) atoms. The highest BCUT2D eigenvalue weighted by atomic mass is 79.9. The molecule has 0 bridgehead atoms. The van der Waals surface area contributed by atoms with Crippen LogP contribution in [0.3, 0.4) is 0 Å². The number of rotatable bonds is 4. The Morgan fingerprint density at radius 1 is 1.47 bits per heavy atom. The van der Waals surface area contributed by atoms with Crippen molar-refractivity contribution in [3.8, 4) is 0 Å². The van der Waals surface area contributed by atoms with Gasteiger partial charge in [-0.15, -0.1) is 10.2 Å². The van der Waals surface area contributed by atoms with E-state index < -0.39 is 0 Å². The first-order chi connectivity index (χ1) is 9.04. The van der Waals surface area contributed by atoms with Gasteiger partial charge in [0, 0.05) is 10.2 Å². The Morgan fingerprint density at radius 3 is 2.89 bits per heavy atom. The summed E-state index contributed by atoms with van der Waals surface area (Å²) >= 11 is 6.29. The fourth-order valence-corrected chi connectivity index (χ4v) is 3.70. The van der Waals surface area contributed by atoms with Gasteiger partial charge >= 0.3 is 0 Å². The molecule has 2 rings (SSSR count). The van der Waals surface area contributed by atoms with Crippen molar-refractivity contribution in [2.75, 3.05) is 5.32 Å². The van der Waals surface area contributed by atoms with Crippen molar-refractivity contribution in [3.63, 3.8) is 0 Å². The van der Waals surface area contributed by atoms with Crippen LogP contribution in [0.2, 0.25) is 0 Å². The van der Waals surface area contributed by atoms with Gasteiger partial charge in [0.15, 0.2) is 4.34 Å². The zero-order valence-corrected chi connectivity index (χ0v) is 13.6. The molecule has 0 fully saturated rings. The Kier molecular flexibility index (Phi) is 4.95. The minimum Gasteiger partial charge on any atom is -0.325 e. The SMILES string of the molecule is Cc1nnc(S[C@@H](C)C(=O)Nc2cccc(Br)c2)s1. The minimum absolute atomic E-state index is 0.0454. The van der Waals surface area contributed by atoms with Crippen molar-refractivity contribution in [3.05, 3.63) is 33.7 Å². The lowest BCUT2D eigenvalue weighted by molar-refractivity contribution is -0.115. The standard InChI is InChI=1S/C12H12BrN3OS2/c1-7(18-12-16-15-8(2)19-12)11(17)14-10-5-3-4-9(13)6-10/h3-7H,1-2H3,(H,14,17)/t7-/m0/s1. The number of carbonyl (C=O) groups is 1. The predicted molar refractivity (Wildman–Crippen MR) is 82.7 cm³/mol. The summed E-state index contributed by atoms with van der Waals surface area (Å²) in [5, 5.41) is 11.5. The van der Waals surface area contributed by atoms with Crippen LogP contribution in [0.25, 0.3) is 0 Å². The summed E-state index contributed by atoms with van der Waals surface area (Å²) in [6, 6.07) is 7.52. The van der Waals surface area contributed by atoms with E-state index in [-0.39, 0.29) is 11.2 Å². The second-order valence-electron chi connectivity index (χ2n) is 3.85. The molecule has 1 aromatic heterocycles. The maximum Gasteiger partial charge on any atom is 0.237 e. The number of benzene rings is 1. The molecule has 2 aromatic rings. The van der Waals surface area contributed by atoms with Gasteiger partial charge in [-0.2, -0.15) is 0 Å². The average Bonchev–Trinajstić information content (AvgIpc) is 2.74. The molecule has 0 aliphatic heterocycles. The van der Waals surface area contributed by atoms with Crippen LogP contribution in [0.5, 0.6) is 0 Å². The van der Waals surface area contributed by atoms with E-state index in [0.717, 1.165) is 19.5 Å². The third-order valence-corrected chi connectivity index (χ3v) is 4.76. The van der Waals surface area contributed by atoms with E-state index in [1.807, 2.05) is 38.1 Å². The number of anilines is 1. The molecule has 1 aromatic carbocycles. The summed E-state index contributed by atoms with van der Waals surface area (Å²) < 4.78 is 1.75. The summed E-state index contributed by atoms with van der Waals surface area (Å²) in [5.74, 6) is -0.0454. The molecule has 1 amide bonds. The molecular formula is C12H12BrN3OS2. The van der Waals surface area contributed by atoms with Crippen molar-refractivity contribution in [1.82, 2.24) is 10.2 Å². The quantitative estimate of drug-likeness (QED) is 0.847. The molecule has 1 heterocycles. The van der Waals surface area contributed by atoms with Crippen LogP contribution in [0.15, 0.2) is 33.1 Å². The number of aromatic nitrogens is 2. The van der Waals surface area contributed by atoms with Gasteiger partial charge in [0.25, 0.3) is 0 Å². The lowest BCUT2D eigenvalue weighted by Gasteiger charge is -2.10. The van der Waals surface area contributed by atoms with Crippen LogP contribution in [-0.2, 0) is 4.79 Å². The highest BCUT2D eigenvalue weighted by Crippen LogP contribution is 2.27. The fourth-order valence-electron chi connectivity index (χ4n) is 1.34. The molecule has 0 aliphatic rings. The third-order valence-electron chi connectivity index (χ3n) is 2.25. The molecule has 7 heteroatoms. The number of aryl methyl sites for hydroxylation is 1. The van der Waals surface area contributed by atoms with Crippen molar-refractivity contribution in [2.45, 2.75) is 23.4 Å². The van der Waals surface area contributed by atoms with E-state index in [1.165, 1.54) is 23.1 Å². The normalized spacial score (nSPS) is 12.2. The summed E-state index contributed by atoms with van der Waals surface area (Å²) in [6.07, 6.45) is 0. The summed E-state index contributed by atoms with van der Waals surface area (Å²) in [5.41, 5.74) is 0.778. The van der Waals surface area contributed by atoms with Gasteiger partial charge in [-0.3, -0.25) is 4.79 Å². The second-order valence-corrected chi connectivity index (χ2v) is 7.53. The Morgan fingerprint density at radius 2 is 2.26 bits per heavy atom. The number of hydrogen-bond donors (Lipinski definition) is 1. The largest absolute Gasteiger partial charge is 0.325 e. The lowest BCUT2D eigenvalue weighted by atomic mass is 10.3. The highest BCUT2D eigenvalue weighted by molar-refractivity contribution is 9.10. The Bertz CT molecular complexity index is 588. The molecule has 0 saturated carbocycles. The maximum atomic E-state index is 12.0. The van der Waals surface area contributed by atoms with Crippen molar-refractivity contribution >= 4 is 50.6 Å². The van der Waals surface area contributed by atoms with Crippen molar-refractivity contribution < 1.29 is 4.79 Å². The van der Waals surface area contributed by atoms with Gasteiger partial charge in [0.1, 0.15) is 5.01 Å². The molecule has 4 nitrogen and oxygen atoms in total. The predicted octanol–water partition coefficient (Wildman–Crippen LogP) is 3.73. The molecule has 0 aliphatic carbocycles. The van der Waals surface area contributed by atoms with Crippen LogP contribution in [-0.4, -0.2) is 21.4 Å². The number of nitrogens with zero attached hydrogens (tertiary/aromatic N) is 2. The number of thioether (sulfide) groups is 1. The van der Waals surface area contributed by atoms with E-state index >= 15 is 0 Å². The van der Waals surface area contributed by atoms with E-state index in [0.29, 0.717) is 0 Å². The summed E-state index contributed by atoms with van der Waals surface area (Å²) in [6.45, 7) is 3.75. The first-order valence-corrected chi connectivity index (χ1v) is 8.06. The third kappa shape index (κ3) is 4.29. The van der Waals surface area contributed by atoms with E-state index in [9.17, 15) is 4.79 Å². The smallest absolute Gasteiger partial charge is 0.237 e. The Hall–Kier alpha value is -0.920. The lowest BCUT2D eigenvalue weighted by Crippen LogP contribution is -2.22. The molecule has 100 valence electrons. The van der Waals surface area contributed by atoms with Gasteiger partial charge < -0.3 is 5.32 Å². The zero-order chi connectivity index (χ0) is 13.8. The molecule has 1 atom stereocenters. The number of nitrogens with one attached hydrogen (secondary N) is 1. The monoisotopic (exact) mass is 357 g/mol. The van der Waals surface area contributed by atoms with Crippen LogP contribution in [0.1, 0.15) is 11.9 Å². The van der Waals surface area contributed by atoms with Crippen molar-refractivity contribution in [2.24, 2.45) is 0 Å². The molecule has 0 radical (unpaired) electrons. The van der Waals surface area contributed by atoms with Gasteiger partial charge in [0.2, 0.25) is 5.91 Å². The Labute approximate surface area is 128 Å². The molecule has 0 unspecified atom stereocenters. The first kappa shape index (κ1) is 14.5. The number of halogens is 1. The zero-order valence-electron chi connectivity index (χ0n) is 10.4. The highest BCUT2D eigenvalue weighted by Gasteiger charge is 2.16. The molecule has 1 N–H and O–H groups in total. The summed E-state index contributed by atoms with van der Waals surface area (Å²) in [7, 11) is 0. The first-order valence-electron chi connectivity index (χ1n) is 5.58. The second kappa shape index (κ2) is 6.49. The van der Waals surface area contributed by atoms with Crippen LogP contribution >= 0.6 is 39.0 Å². The van der Waals surface area contributed by atoms with Gasteiger partial charge in [0.05, 0.1) is 5.25 Å². The Balaban J connectivity index is 1.96. The van der Waals surface area contributed by atoms with Crippen molar-refractivity contribution in [1.29, 1.82) is 0 Å². The van der Waals surface area contributed by atoms with Gasteiger partial charge in [-0.1, -0.05) is 45.1 Å². The van der Waals surface area contributed by atoms with Crippen LogP contribution in [0, 0.1) is 6.92 Å². The number of carbonyl (C=O) groups excluding carboxylic acids is 1. The van der Waals surface area contributed by atoms with Gasteiger partial charge in [-0.05, 0) is 32.0 Å². The minimum atomic E-state index is -0.216. The number of hydrogen-bond acceptors (Lipinski definition) is 5. The van der Waals surface area contributed by atoms with Crippen LogP contribution in [0.4, 0.5) is 5.69 Å². The topological polar surface area (TPSA) is 54.9 Å². The number of amides is 1. The maximum absolute atomic E-state index is 12.0. The molecule has 0 spiro atoms. The average molecular weight is 358 g/mol. The van der Waals surface area contributed by atoms with E-state index in [1.54, 1.807) is 0 Å².